The van der Waals surface area contributed by atoms with Gasteiger partial charge in [0.15, 0.2) is 0 Å². The topological polar surface area (TPSA) is 63.7 Å². The maximum atomic E-state index is 12.2. The molecule has 0 aromatic heterocycles. The molecule has 1 aliphatic rings. The molecule has 0 atom stereocenters. The van der Waals surface area contributed by atoms with Crippen molar-refractivity contribution in [2.45, 2.75) is 19.8 Å². The summed E-state index contributed by atoms with van der Waals surface area (Å²) in [6.07, 6.45) is 6.31. The number of carbonyl (C=O) groups excluding carboxylic acids is 1. The number of amides is 1. The molecule has 1 amide bonds. The van der Waals surface area contributed by atoms with Crippen molar-refractivity contribution in [3.8, 4) is 0 Å². The van der Waals surface area contributed by atoms with Crippen molar-refractivity contribution < 1.29 is 17.9 Å². The summed E-state index contributed by atoms with van der Waals surface area (Å²) in [7, 11) is 2.93. The Morgan fingerprint density at radius 2 is 2.10 bits per heavy atom. The Labute approximate surface area is 130 Å². The average molecular weight is 334 g/mol. The zero-order valence-corrected chi connectivity index (χ0v) is 13.8. The fraction of sp³-hybridized carbons (Fsp3) is 0.500. The van der Waals surface area contributed by atoms with Crippen molar-refractivity contribution in [3.63, 3.8) is 0 Å². The van der Waals surface area contributed by atoms with Gasteiger partial charge in [0, 0.05) is 36.0 Å². The van der Waals surface area contributed by atoms with Gasteiger partial charge in [-0.3, -0.25) is 4.79 Å². The molecule has 118 valence electrons. The van der Waals surface area contributed by atoms with E-state index in [1.165, 1.54) is 12.2 Å². The van der Waals surface area contributed by atoms with E-state index in [2.05, 4.69) is 6.58 Å². The molecule has 7 heteroatoms. The first-order chi connectivity index (χ1) is 9.77. The fourth-order valence-electron chi connectivity index (χ4n) is 1.66. The summed E-state index contributed by atoms with van der Waals surface area (Å²) in [5.74, 6) is 0.186. The van der Waals surface area contributed by atoms with E-state index in [4.69, 9.17) is 15.4 Å². The van der Waals surface area contributed by atoms with Gasteiger partial charge < -0.3 is 9.64 Å². The number of carbonyl (C=O) groups is 1. The minimum atomic E-state index is -3.79. The van der Waals surface area contributed by atoms with Crippen molar-refractivity contribution >= 4 is 25.6 Å². The van der Waals surface area contributed by atoms with Gasteiger partial charge in [0.1, 0.15) is 0 Å². The van der Waals surface area contributed by atoms with E-state index < -0.39 is 9.05 Å². The van der Waals surface area contributed by atoms with Crippen LogP contribution in [-0.2, 0) is 18.6 Å². The molecular weight excluding hydrogens is 314 g/mol. The first-order valence-electron chi connectivity index (χ1n) is 6.56. The van der Waals surface area contributed by atoms with Crippen LogP contribution < -0.4 is 0 Å². The highest BCUT2D eigenvalue weighted by molar-refractivity contribution is 8.16. The molecule has 0 radical (unpaired) electrons. The Hall–Kier alpha value is -1.11. The number of hydrogen-bond donors (Lipinski definition) is 0. The van der Waals surface area contributed by atoms with Crippen molar-refractivity contribution in [2.24, 2.45) is 5.92 Å². The van der Waals surface area contributed by atoms with Crippen LogP contribution in [0.2, 0.25) is 0 Å². The zero-order valence-electron chi connectivity index (χ0n) is 12.2. The molecule has 0 N–H and O–H groups in total. The third-order valence-corrected chi connectivity index (χ3v) is 4.43. The number of hydrogen-bond acceptors (Lipinski definition) is 4. The lowest BCUT2D eigenvalue weighted by molar-refractivity contribution is -0.131. The van der Waals surface area contributed by atoms with Crippen LogP contribution in [0.5, 0.6) is 0 Å². The van der Waals surface area contributed by atoms with Crippen LogP contribution in [0.25, 0.3) is 0 Å². The Bertz CT molecular complexity index is 562. The van der Waals surface area contributed by atoms with Crippen LogP contribution in [0.15, 0.2) is 35.4 Å². The van der Waals surface area contributed by atoms with E-state index in [-0.39, 0.29) is 16.7 Å². The molecule has 0 saturated heterocycles. The molecular formula is C14H20ClNO4S. The Morgan fingerprint density at radius 1 is 1.48 bits per heavy atom. The smallest absolute Gasteiger partial charge is 0.260 e. The second-order valence-electron chi connectivity index (χ2n) is 4.83. The highest BCUT2D eigenvalue weighted by atomic mass is 35.7. The molecule has 21 heavy (non-hydrogen) atoms. The molecule has 0 spiro atoms. The second kappa shape index (κ2) is 7.77. The molecule has 1 rings (SSSR count). The summed E-state index contributed by atoms with van der Waals surface area (Å²) in [5, 5.41) is 0. The van der Waals surface area contributed by atoms with Crippen molar-refractivity contribution in [1.82, 2.24) is 4.90 Å². The van der Waals surface area contributed by atoms with Crippen LogP contribution >= 0.6 is 10.7 Å². The molecule has 1 saturated carbocycles. The van der Waals surface area contributed by atoms with Crippen LogP contribution in [0.1, 0.15) is 19.8 Å². The maximum Gasteiger partial charge on any atom is 0.260 e. The highest BCUT2D eigenvalue weighted by Crippen LogP contribution is 2.32. The third kappa shape index (κ3) is 6.03. The van der Waals surface area contributed by atoms with E-state index in [9.17, 15) is 13.2 Å². The lowest BCUT2D eigenvalue weighted by Gasteiger charge is -2.23. The van der Waals surface area contributed by atoms with Gasteiger partial charge in [-0.15, -0.1) is 0 Å². The molecule has 0 bridgehead atoms. The van der Waals surface area contributed by atoms with Gasteiger partial charge >= 0.3 is 0 Å². The number of methoxy groups -OCH3 is 1. The SMILES string of the molecule is C=C(/C=C\C=C(/C)N(CCOC)C(=O)C1CC1)S(=O)(=O)Cl. The monoisotopic (exact) mass is 333 g/mol. The zero-order chi connectivity index (χ0) is 16.0. The minimum Gasteiger partial charge on any atom is -0.383 e. The van der Waals surface area contributed by atoms with Gasteiger partial charge in [-0.05, 0) is 31.9 Å². The maximum absolute atomic E-state index is 12.2. The molecule has 0 aromatic rings. The molecule has 0 aliphatic heterocycles. The Balaban J connectivity index is 2.76. The van der Waals surface area contributed by atoms with Crippen molar-refractivity contribution in [3.05, 3.63) is 35.4 Å². The quantitative estimate of drug-likeness (QED) is 0.505. The lowest BCUT2D eigenvalue weighted by atomic mass is 10.3. The first-order valence-corrected chi connectivity index (χ1v) is 8.87. The molecule has 1 fully saturated rings. The van der Waals surface area contributed by atoms with Crippen LogP contribution in [-0.4, -0.2) is 39.5 Å². The van der Waals surface area contributed by atoms with Crippen LogP contribution in [0.4, 0.5) is 0 Å². The second-order valence-corrected chi connectivity index (χ2v) is 7.45. The predicted octanol–water partition coefficient (Wildman–Crippen LogP) is 2.41. The summed E-state index contributed by atoms with van der Waals surface area (Å²) in [5.41, 5.74) is 0.722. The number of nitrogens with zero attached hydrogens (tertiary/aromatic N) is 1. The van der Waals surface area contributed by atoms with Gasteiger partial charge in [0.05, 0.1) is 11.5 Å². The van der Waals surface area contributed by atoms with Gasteiger partial charge in [0.25, 0.3) is 9.05 Å². The first kappa shape index (κ1) is 17.9. The van der Waals surface area contributed by atoms with E-state index in [1.807, 2.05) is 0 Å². The lowest BCUT2D eigenvalue weighted by Crippen LogP contribution is -2.33. The summed E-state index contributed by atoms with van der Waals surface area (Å²) < 4.78 is 27.0. The van der Waals surface area contributed by atoms with E-state index in [1.54, 1.807) is 25.0 Å². The molecule has 0 unspecified atom stereocenters. The number of halogens is 1. The summed E-state index contributed by atoms with van der Waals surface area (Å²) in [4.78, 5) is 13.6. The van der Waals surface area contributed by atoms with Crippen molar-refractivity contribution in [1.29, 1.82) is 0 Å². The Kier molecular flexibility index (Phi) is 6.64. The summed E-state index contributed by atoms with van der Waals surface area (Å²) >= 11 is 0. The highest BCUT2D eigenvalue weighted by Gasteiger charge is 2.33. The van der Waals surface area contributed by atoms with E-state index in [0.717, 1.165) is 18.5 Å². The van der Waals surface area contributed by atoms with E-state index in [0.29, 0.717) is 13.2 Å². The predicted molar refractivity (Wildman–Crippen MR) is 83.1 cm³/mol. The van der Waals surface area contributed by atoms with Gasteiger partial charge in [-0.2, -0.15) is 0 Å². The molecule has 0 aromatic carbocycles. The minimum absolute atomic E-state index is 0.0815. The molecule has 1 aliphatic carbocycles. The Morgan fingerprint density at radius 3 is 2.57 bits per heavy atom. The van der Waals surface area contributed by atoms with Crippen molar-refractivity contribution in [2.75, 3.05) is 20.3 Å². The van der Waals surface area contributed by atoms with Gasteiger partial charge in [-0.25, -0.2) is 8.42 Å². The number of allylic oxidation sites excluding steroid dienone is 4. The largest absolute Gasteiger partial charge is 0.383 e. The number of rotatable bonds is 8. The van der Waals surface area contributed by atoms with Crippen LogP contribution in [0.3, 0.4) is 0 Å². The summed E-state index contributed by atoms with van der Waals surface area (Å²) in [6, 6.07) is 0. The summed E-state index contributed by atoms with van der Waals surface area (Å²) in [6.45, 7) is 6.05. The normalized spacial score (nSPS) is 16.2. The average Bonchev–Trinajstić information content (AvgIpc) is 3.21. The third-order valence-electron chi connectivity index (χ3n) is 3.07. The number of ether oxygens (including phenoxy) is 1. The van der Waals surface area contributed by atoms with E-state index >= 15 is 0 Å². The van der Waals surface area contributed by atoms with Crippen LogP contribution in [0, 0.1) is 5.92 Å². The van der Waals surface area contributed by atoms with Gasteiger partial charge in [0.2, 0.25) is 5.91 Å². The van der Waals surface area contributed by atoms with Gasteiger partial charge in [-0.1, -0.05) is 12.7 Å². The molecule has 5 nitrogen and oxygen atoms in total. The standard InChI is InChI=1S/C14H20ClNO4S/c1-11(5-4-6-12(2)21(15,18)19)16(9-10-20-3)14(17)13-7-8-13/h4-6,13H,2,7-10H2,1,3H3/b6-4-,11-5+. The molecule has 0 heterocycles. The fourth-order valence-corrected chi connectivity index (χ4v) is 2.05.